The summed E-state index contributed by atoms with van der Waals surface area (Å²) in [7, 11) is 0. The molecule has 394 valence electrons. The second kappa shape index (κ2) is 56.9. The van der Waals surface area contributed by atoms with Gasteiger partial charge in [0.05, 0.1) is 0 Å². The summed E-state index contributed by atoms with van der Waals surface area (Å²) in [6.07, 6.45) is 75.4. The van der Waals surface area contributed by atoms with Gasteiger partial charge in [0, 0.05) is 19.3 Å². The summed E-state index contributed by atoms with van der Waals surface area (Å²) in [6, 6.07) is 0. The fraction of sp³-hybridized carbons (Fsp3) is 0.698. The largest absolute Gasteiger partial charge is 0.462 e. The molecular formula is C63H106O6. The molecule has 6 nitrogen and oxygen atoms in total. The van der Waals surface area contributed by atoms with E-state index in [9.17, 15) is 14.4 Å². The Kier molecular flexibility index (Phi) is 53.9. The Morgan fingerprint density at radius 1 is 0.304 bits per heavy atom. The van der Waals surface area contributed by atoms with E-state index >= 15 is 0 Å². The highest BCUT2D eigenvalue weighted by atomic mass is 16.6. The van der Waals surface area contributed by atoms with Gasteiger partial charge >= 0.3 is 17.9 Å². The first-order chi connectivity index (χ1) is 34.0. The standard InChI is InChI=1S/C63H106O6/c1-4-7-10-13-16-19-22-25-27-28-29-30-31-32-33-34-36-38-41-44-47-50-53-56-62(65)68-59-60(58-67-61(64)55-52-49-46-43-40-37-24-21-18-15-12-9-6-3)69-63(66)57-54-51-48-45-42-39-35-26-23-20-17-14-11-8-5-2/h7-8,10-11,16-17,19-20,25-27,29-30,35,42,45,60H,4-6,9,12-15,18,21-24,28,31-34,36-41,43-44,46-59H2,1-3H3/b10-7-,11-8-,19-16-,20-17-,27-25-,30-29-,35-26-,45-42-. The smallest absolute Gasteiger partial charge is 0.306 e. The molecule has 0 heterocycles. The van der Waals surface area contributed by atoms with Gasteiger partial charge in [0.1, 0.15) is 13.2 Å². The number of hydrogen-bond donors (Lipinski definition) is 0. The number of rotatable bonds is 51. The van der Waals surface area contributed by atoms with Crippen molar-refractivity contribution in [2.75, 3.05) is 13.2 Å². The van der Waals surface area contributed by atoms with E-state index in [1.54, 1.807) is 0 Å². The van der Waals surface area contributed by atoms with E-state index in [2.05, 4.69) is 118 Å². The lowest BCUT2D eigenvalue weighted by Gasteiger charge is -2.18. The summed E-state index contributed by atoms with van der Waals surface area (Å²) < 4.78 is 16.8. The minimum Gasteiger partial charge on any atom is -0.462 e. The first-order valence-corrected chi connectivity index (χ1v) is 28.7. The molecule has 0 aromatic rings. The average molecular weight is 960 g/mol. The van der Waals surface area contributed by atoms with Crippen LogP contribution in [-0.4, -0.2) is 37.2 Å². The highest BCUT2D eigenvalue weighted by molar-refractivity contribution is 5.71. The van der Waals surface area contributed by atoms with Crippen molar-refractivity contribution in [3.63, 3.8) is 0 Å². The zero-order chi connectivity index (χ0) is 50.0. The molecule has 0 aromatic carbocycles. The molecule has 0 aliphatic heterocycles. The molecule has 0 amide bonds. The van der Waals surface area contributed by atoms with Gasteiger partial charge < -0.3 is 14.2 Å². The van der Waals surface area contributed by atoms with E-state index in [1.807, 2.05) is 0 Å². The Morgan fingerprint density at radius 3 is 0.913 bits per heavy atom. The van der Waals surface area contributed by atoms with Crippen LogP contribution in [0.1, 0.15) is 265 Å². The van der Waals surface area contributed by atoms with E-state index < -0.39 is 6.10 Å². The van der Waals surface area contributed by atoms with Crippen molar-refractivity contribution in [3.05, 3.63) is 97.2 Å². The Labute approximate surface area is 426 Å². The van der Waals surface area contributed by atoms with Crippen LogP contribution in [0.3, 0.4) is 0 Å². The zero-order valence-electron chi connectivity index (χ0n) is 45.0. The third-order valence-corrected chi connectivity index (χ3v) is 12.1. The van der Waals surface area contributed by atoms with Crippen molar-refractivity contribution in [3.8, 4) is 0 Å². The lowest BCUT2D eigenvalue weighted by Crippen LogP contribution is -2.30. The van der Waals surface area contributed by atoms with Crippen LogP contribution in [-0.2, 0) is 28.6 Å². The van der Waals surface area contributed by atoms with Gasteiger partial charge in [-0.25, -0.2) is 0 Å². The first kappa shape index (κ1) is 65.3. The van der Waals surface area contributed by atoms with Crippen LogP contribution in [0, 0.1) is 0 Å². The second-order valence-electron chi connectivity index (χ2n) is 18.8. The molecule has 0 fully saturated rings. The van der Waals surface area contributed by atoms with E-state index in [4.69, 9.17) is 14.2 Å². The van der Waals surface area contributed by atoms with Crippen LogP contribution < -0.4 is 0 Å². The molecule has 0 spiro atoms. The van der Waals surface area contributed by atoms with Crippen LogP contribution in [0.25, 0.3) is 0 Å². The Hall–Kier alpha value is -3.67. The average Bonchev–Trinajstić information content (AvgIpc) is 3.35. The maximum Gasteiger partial charge on any atom is 0.306 e. The topological polar surface area (TPSA) is 78.9 Å². The molecule has 0 saturated heterocycles. The third-order valence-electron chi connectivity index (χ3n) is 12.1. The second-order valence-corrected chi connectivity index (χ2v) is 18.8. The van der Waals surface area contributed by atoms with Crippen LogP contribution in [0.5, 0.6) is 0 Å². The van der Waals surface area contributed by atoms with Gasteiger partial charge in [-0.2, -0.15) is 0 Å². The molecule has 1 unspecified atom stereocenters. The van der Waals surface area contributed by atoms with Crippen molar-refractivity contribution < 1.29 is 28.6 Å². The minimum atomic E-state index is -0.800. The van der Waals surface area contributed by atoms with E-state index in [1.165, 1.54) is 116 Å². The molecule has 0 bridgehead atoms. The van der Waals surface area contributed by atoms with E-state index in [0.29, 0.717) is 19.3 Å². The summed E-state index contributed by atoms with van der Waals surface area (Å²) in [5.41, 5.74) is 0. The van der Waals surface area contributed by atoms with Gasteiger partial charge in [-0.1, -0.05) is 246 Å². The summed E-state index contributed by atoms with van der Waals surface area (Å²) in [6.45, 7) is 6.38. The molecule has 0 N–H and O–H groups in total. The lowest BCUT2D eigenvalue weighted by atomic mass is 10.0. The summed E-state index contributed by atoms with van der Waals surface area (Å²) in [5.74, 6) is -0.936. The lowest BCUT2D eigenvalue weighted by molar-refractivity contribution is -0.167. The molecule has 6 heteroatoms. The highest BCUT2D eigenvalue weighted by Gasteiger charge is 2.19. The van der Waals surface area contributed by atoms with Gasteiger partial charge in [-0.3, -0.25) is 14.4 Å². The maximum atomic E-state index is 12.8. The summed E-state index contributed by atoms with van der Waals surface area (Å²) in [4.78, 5) is 38.1. The first-order valence-electron chi connectivity index (χ1n) is 28.7. The minimum absolute atomic E-state index is 0.0937. The fourth-order valence-electron chi connectivity index (χ4n) is 7.84. The molecule has 0 rings (SSSR count). The molecular weight excluding hydrogens is 853 g/mol. The molecule has 69 heavy (non-hydrogen) atoms. The van der Waals surface area contributed by atoms with Gasteiger partial charge in [0.2, 0.25) is 0 Å². The predicted molar refractivity (Wildman–Crippen MR) is 297 cm³/mol. The fourth-order valence-corrected chi connectivity index (χ4v) is 7.84. The van der Waals surface area contributed by atoms with E-state index in [-0.39, 0.29) is 37.5 Å². The molecule has 0 radical (unpaired) electrons. The summed E-state index contributed by atoms with van der Waals surface area (Å²) >= 11 is 0. The monoisotopic (exact) mass is 959 g/mol. The number of esters is 3. The molecule has 0 saturated carbocycles. The molecule has 1 atom stereocenters. The predicted octanol–water partition coefficient (Wildman–Crippen LogP) is 19.3. The Balaban J connectivity index is 4.37. The van der Waals surface area contributed by atoms with Gasteiger partial charge in [-0.15, -0.1) is 0 Å². The van der Waals surface area contributed by atoms with Crippen molar-refractivity contribution in [1.29, 1.82) is 0 Å². The van der Waals surface area contributed by atoms with Crippen molar-refractivity contribution in [2.45, 2.75) is 271 Å². The maximum absolute atomic E-state index is 12.8. The van der Waals surface area contributed by atoms with Crippen LogP contribution in [0.4, 0.5) is 0 Å². The van der Waals surface area contributed by atoms with E-state index in [0.717, 1.165) is 103 Å². The molecule has 0 aliphatic carbocycles. The quantitative estimate of drug-likeness (QED) is 0.0262. The zero-order valence-corrected chi connectivity index (χ0v) is 45.0. The SMILES string of the molecule is CC/C=C\C/C=C\C/C=C\C/C=C\CCCCCCCCCCCCC(=O)OCC(COC(=O)CCCCCCCCCCCCCCC)OC(=O)CCCC/C=C\C/C=C\C/C=C\C/C=C\CC. The number of hydrogen-bond acceptors (Lipinski definition) is 6. The van der Waals surface area contributed by atoms with Gasteiger partial charge in [-0.05, 0) is 96.3 Å². The molecule has 0 aliphatic rings. The van der Waals surface area contributed by atoms with Gasteiger partial charge in [0.25, 0.3) is 0 Å². The van der Waals surface area contributed by atoms with Crippen LogP contribution in [0.15, 0.2) is 97.2 Å². The normalized spacial score (nSPS) is 12.8. The van der Waals surface area contributed by atoms with Crippen molar-refractivity contribution in [1.82, 2.24) is 0 Å². The van der Waals surface area contributed by atoms with Crippen molar-refractivity contribution in [2.24, 2.45) is 0 Å². The Morgan fingerprint density at radius 2 is 0.565 bits per heavy atom. The third kappa shape index (κ3) is 55.1. The number of ether oxygens (including phenoxy) is 3. The van der Waals surface area contributed by atoms with Crippen LogP contribution >= 0.6 is 0 Å². The number of carbonyl (C=O) groups is 3. The van der Waals surface area contributed by atoms with Crippen molar-refractivity contribution >= 4 is 17.9 Å². The Bertz CT molecular complexity index is 1380. The van der Waals surface area contributed by atoms with Crippen LogP contribution in [0.2, 0.25) is 0 Å². The van der Waals surface area contributed by atoms with Gasteiger partial charge in [0.15, 0.2) is 6.10 Å². The number of allylic oxidation sites excluding steroid dienone is 16. The summed E-state index contributed by atoms with van der Waals surface area (Å²) in [5, 5.41) is 0. The number of unbranched alkanes of at least 4 members (excludes halogenated alkanes) is 24. The molecule has 0 aromatic heterocycles. The number of carbonyl (C=O) groups excluding carboxylic acids is 3. The highest BCUT2D eigenvalue weighted by Crippen LogP contribution is 2.15.